The van der Waals surface area contributed by atoms with Crippen molar-refractivity contribution < 1.29 is 4.79 Å². The van der Waals surface area contributed by atoms with E-state index in [-0.39, 0.29) is 5.78 Å². The van der Waals surface area contributed by atoms with Gasteiger partial charge < -0.3 is 0 Å². The maximum Gasteiger partial charge on any atom is 0.190 e. The summed E-state index contributed by atoms with van der Waals surface area (Å²) < 4.78 is 8.85. The molecule has 0 fully saturated rings. The van der Waals surface area contributed by atoms with Crippen LogP contribution in [0.25, 0.3) is 10.2 Å². The van der Waals surface area contributed by atoms with Crippen LogP contribution in [0.2, 0.25) is 0 Å². The molecule has 0 spiro atoms. The first-order valence-electron chi connectivity index (χ1n) is 4.98. The Morgan fingerprint density at radius 1 is 1.29 bits per heavy atom. The van der Waals surface area contributed by atoms with E-state index in [4.69, 9.17) is 0 Å². The van der Waals surface area contributed by atoms with Gasteiger partial charge in [0, 0.05) is 0 Å². The van der Waals surface area contributed by atoms with Gasteiger partial charge in [0.2, 0.25) is 0 Å². The van der Waals surface area contributed by atoms with Gasteiger partial charge in [-0.3, -0.25) is 4.79 Å². The van der Waals surface area contributed by atoms with Crippen molar-refractivity contribution in [2.24, 2.45) is 0 Å². The normalized spacial score (nSPS) is 10.8. The molecule has 0 amide bonds. The molecule has 0 atom stereocenters. The van der Waals surface area contributed by atoms with Crippen LogP contribution in [0.1, 0.15) is 15.5 Å². The average Bonchev–Trinajstić information content (AvgIpc) is 2.97. The van der Waals surface area contributed by atoms with Crippen LogP contribution in [-0.2, 0) is 6.42 Å². The van der Waals surface area contributed by atoms with E-state index in [1.165, 1.54) is 6.20 Å². The molecule has 0 aliphatic rings. The molecular weight excluding hydrogens is 254 g/mol. The van der Waals surface area contributed by atoms with E-state index in [2.05, 4.69) is 13.7 Å². The third kappa shape index (κ3) is 2.09. The zero-order chi connectivity index (χ0) is 11.7. The Morgan fingerprint density at radius 3 is 2.94 bits per heavy atom. The summed E-state index contributed by atoms with van der Waals surface area (Å²) in [7, 11) is 0. The molecule has 0 radical (unpaired) electrons. The predicted molar refractivity (Wildman–Crippen MR) is 67.6 cm³/mol. The van der Waals surface area contributed by atoms with Crippen LogP contribution < -0.4 is 0 Å². The number of hydrogen-bond acceptors (Lipinski definition) is 6. The number of thiazole rings is 1. The van der Waals surface area contributed by atoms with Gasteiger partial charge in [0.05, 0.1) is 34.6 Å². The average molecular weight is 261 g/mol. The zero-order valence-electron chi connectivity index (χ0n) is 8.66. The minimum Gasteiger partial charge on any atom is -0.292 e. The number of fused-ring (bicyclic) bond motifs is 1. The number of rotatable bonds is 3. The molecule has 0 N–H and O–H groups in total. The van der Waals surface area contributed by atoms with Crippen molar-refractivity contribution in [2.75, 3.05) is 0 Å². The van der Waals surface area contributed by atoms with E-state index in [1.54, 1.807) is 11.3 Å². The molecule has 4 nitrogen and oxygen atoms in total. The maximum absolute atomic E-state index is 11.8. The van der Waals surface area contributed by atoms with E-state index < -0.39 is 0 Å². The maximum atomic E-state index is 11.8. The standard InChI is InChI=1S/C11H7N3OS2/c15-9(8-6-12-17-14-8)5-11-13-7-3-1-2-4-10(7)16-11/h1-4,6H,5H2. The second-order valence-corrected chi connectivity index (χ2v) is 5.14. The Morgan fingerprint density at radius 2 is 2.18 bits per heavy atom. The number of benzene rings is 1. The van der Waals surface area contributed by atoms with Gasteiger partial charge in [0.25, 0.3) is 0 Å². The third-order valence-electron chi connectivity index (χ3n) is 2.30. The smallest absolute Gasteiger partial charge is 0.190 e. The molecule has 0 unspecified atom stereocenters. The van der Waals surface area contributed by atoms with E-state index in [0.717, 1.165) is 27.0 Å². The van der Waals surface area contributed by atoms with E-state index in [1.807, 2.05) is 24.3 Å². The molecule has 6 heteroatoms. The highest BCUT2D eigenvalue weighted by Crippen LogP contribution is 2.22. The molecule has 0 bridgehead atoms. The second-order valence-electron chi connectivity index (χ2n) is 3.47. The summed E-state index contributed by atoms with van der Waals surface area (Å²) in [6, 6.07) is 7.87. The first kappa shape index (κ1) is 10.5. The zero-order valence-corrected chi connectivity index (χ0v) is 10.3. The summed E-state index contributed by atoms with van der Waals surface area (Å²) in [6.07, 6.45) is 1.80. The van der Waals surface area contributed by atoms with Crippen molar-refractivity contribution in [3.8, 4) is 0 Å². The van der Waals surface area contributed by atoms with Gasteiger partial charge in [-0.15, -0.1) is 11.3 Å². The lowest BCUT2D eigenvalue weighted by Crippen LogP contribution is -2.03. The fourth-order valence-electron chi connectivity index (χ4n) is 1.51. The largest absolute Gasteiger partial charge is 0.292 e. The molecule has 0 aliphatic heterocycles. The second kappa shape index (κ2) is 4.31. The summed E-state index contributed by atoms with van der Waals surface area (Å²) in [5.41, 5.74) is 1.37. The van der Waals surface area contributed by atoms with Crippen LogP contribution in [0, 0.1) is 0 Å². The molecule has 3 aromatic rings. The highest BCUT2D eigenvalue weighted by atomic mass is 32.1. The monoisotopic (exact) mass is 261 g/mol. The van der Waals surface area contributed by atoms with Crippen LogP contribution in [0.15, 0.2) is 30.5 Å². The van der Waals surface area contributed by atoms with E-state index in [0.29, 0.717) is 12.1 Å². The van der Waals surface area contributed by atoms with Crippen LogP contribution in [0.3, 0.4) is 0 Å². The highest BCUT2D eigenvalue weighted by Gasteiger charge is 2.12. The number of Topliss-reactive ketones (excluding diaryl/α,β-unsaturated/α-hetero) is 1. The highest BCUT2D eigenvalue weighted by molar-refractivity contribution is 7.18. The Labute approximate surface area is 105 Å². The third-order valence-corrected chi connectivity index (χ3v) is 3.81. The molecule has 3 rings (SSSR count). The number of ketones is 1. The SMILES string of the molecule is O=C(Cc1nc2ccccc2s1)c1cnsn1. The van der Waals surface area contributed by atoms with Crippen molar-refractivity contribution in [3.63, 3.8) is 0 Å². The summed E-state index contributed by atoms with van der Waals surface area (Å²) >= 11 is 2.59. The van der Waals surface area contributed by atoms with Gasteiger partial charge in [-0.2, -0.15) is 8.75 Å². The van der Waals surface area contributed by atoms with Crippen LogP contribution in [0.5, 0.6) is 0 Å². The van der Waals surface area contributed by atoms with Crippen molar-refractivity contribution in [1.29, 1.82) is 0 Å². The fourth-order valence-corrected chi connectivity index (χ4v) is 2.91. The topological polar surface area (TPSA) is 55.7 Å². The molecule has 84 valence electrons. The predicted octanol–water partition coefficient (Wildman–Crippen LogP) is 2.57. The summed E-state index contributed by atoms with van der Waals surface area (Å²) in [6.45, 7) is 0. The quantitative estimate of drug-likeness (QED) is 0.680. The van der Waals surface area contributed by atoms with Crippen molar-refractivity contribution in [1.82, 2.24) is 13.7 Å². The minimum atomic E-state index is -0.0298. The number of nitrogens with zero attached hydrogens (tertiary/aromatic N) is 3. The van der Waals surface area contributed by atoms with Crippen molar-refractivity contribution >= 4 is 39.1 Å². The fraction of sp³-hybridized carbons (Fsp3) is 0.0909. The van der Waals surface area contributed by atoms with Crippen molar-refractivity contribution in [3.05, 3.63) is 41.2 Å². The van der Waals surface area contributed by atoms with Gasteiger partial charge in [-0.1, -0.05) is 12.1 Å². The Kier molecular flexibility index (Phi) is 2.66. The first-order chi connectivity index (χ1) is 8.33. The van der Waals surface area contributed by atoms with Gasteiger partial charge >= 0.3 is 0 Å². The number of hydrogen-bond donors (Lipinski definition) is 0. The van der Waals surface area contributed by atoms with E-state index >= 15 is 0 Å². The molecule has 1 aromatic carbocycles. The number of carbonyl (C=O) groups excluding carboxylic acids is 1. The number of carbonyl (C=O) groups is 1. The Hall–Kier alpha value is -1.66. The molecule has 2 heterocycles. The lowest BCUT2D eigenvalue weighted by Gasteiger charge is -1.90. The van der Waals surface area contributed by atoms with Gasteiger partial charge in [-0.25, -0.2) is 4.98 Å². The minimum absolute atomic E-state index is 0.0298. The van der Waals surface area contributed by atoms with Gasteiger partial charge in [-0.05, 0) is 12.1 Å². The van der Waals surface area contributed by atoms with Crippen LogP contribution in [-0.4, -0.2) is 19.5 Å². The molecule has 0 aliphatic carbocycles. The van der Waals surface area contributed by atoms with E-state index in [9.17, 15) is 4.79 Å². The summed E-state index contributed by atoms with van der Waals surface area (Å²) in [4.78, 5) is 16.2. The Balaban J connectivity index is 1.88. The first-order valence-corrected chi connectivity index (χ1v) is 6.53. The molecular formula is C11H7N3OS2. The van der Waals surface area contributed by atoms with Crippen LogP contribution in [0.4, 0.5) is 0 Å². The molecule has 2 aromatic heterocycles. The molecule has 0 saturated heterocycles. The summed E-state index contributed by atoms with van der Waals surface area (Å²) in [5.74, 6) is -0.0298. The summed E-state index contributed by atoms with van der Waals surface area (Å²) in [5, 5.41) is 0.823. The lowest BCUT2D eigenvalue weighted by atomic mass is 10.2. The van der Waals surface area contributed by atoms with Crippen LogP contribution >= 0.6 is 23.1 Å². The van der Waals surface area contributed by atoms with Crippen molar-refractivity contribution in [2.45, 2.75) is 6.42 Å². The van der Waals surface area contributed by atoms with Gasteiger partial charge in [0.15, 0.2) is 5.78 Å². The lowest BCUT2D eigenvalue weighted by molar-refractivity contribution is 0.0989. The number of aromatic nitrogens is 3. The Bertz CT molecular complexity index is 627. The van der Waals surface area contributed by atoms with Gasteiger partial charge in [0.1, 0.15) is 10.7 Å². The molecule has 17 heavy (non-hydrogen) atoms. The number of para-hydroxylation sites is 1. The molecule has 0 saturated carbocycles.